The smallest absolute Gasteiger partial charge is 0.355 e. The third-order valence-electron chi connectivity index (χ3n) is 4.44. The van der Waals surface area contributed by atoms with Crippen molar-refractivity contribution in [1.29, 1.82) is 0 Å². The van der Waals surface area contributed by atoms with Crippen LogP contribution in [0.3, 0.4) is 0 Å². The van der Waals surface area contributed by atoms with Crippen LogP contribution < -0.4 is 4.90 Å². The molecule has 8 nitrogen and oxygen atoms in total. The van der Waals surface area contributed by atoms with Crippen molar-refractivity contribution in [3.63, 3.8) is 0 Å². The van der Waals surface area contributed by atoms with Crippen molar-refractivity contribution in [2.45, 2.75) is 13.8 Å². The number of ether oxygens (including phenoxy) is 3. The molecule has 3 rings (SSSR count). The molecule has 1 aromatic heterocycles. The first kappa shape index (κ1) is 19.9. The lowest BCUT2D eigenvalue weighted by Gasteiger charge is -2.31. The molecule has 0 fully saturated rings. The maximum absolute atomic E-state index is 12.3. The molecule has 1 aromatic carbocycles. The lowest BCUT2D eigenvalue weighted by Crippen LogP contribution is -2.38. The number of esters is 2. The Bertz CT molecular complexity index is 949. The molecule has 0 radical (unpaired) electrons. The van der Waals surface area contributed by atoms with E-state index in [1.165, 1.54) is 14.2 Å². The second-order valence-electron chi connectivity index (χ2n) is 6.13. The molecule has 9 heteroatoms. The summed E-state index contributed by atoms with van der Waals surface area (Å²) in [5, 5.41) is 5.04. The van der Waals surface area contributed by atoms with Crippen molar-refractivity contribution in [3.05, 3.63) is 51.9 Å². The Kier molecular flexibility index (Phi) is 5.71. The molecule has 0 atom stereocenters. The van der Waals surface area contributed by atoms with Crippen molar-refractivity contribution in [2.24, 2.45) is 0 Å². The van der Waals surface area contributed by atoms with Crippen LogP contribution >= 0.6 is 11.6 Å². The van der Waals surface area contributed by atoms with Crippen LogP contribution in [0.4, 0.5) is 5.69 Å². The average molecular weight is 406 g/mol. The molecule has 0 unspecified atom stereocenters. The first-order valence-corrected chi connectivity index (χ1v) is 8.84. The molecule has 0 bridgehead atoms. The van der Waals surface area contributed by atoms with E-state index in [1.54, 1.807) is 21.7 Å². The van der Waals surface area contributed by atoms with E-state index in [0.717, 1.165) is 17.1 Å². The highest BCUT2D eigenvalue weighted by atomic mass is 35.5. The van der Waals surface area contributed by atoms with Gasteiger partial charge < -0.3 is 19.1 Å². The molecular weight excluding hydrogens is 386 g/mol. The summed E-state index contributed by atoms with van der Waals surface area (Å²) in [6, 6.07) is 7.28. The van der Waals surface area contributed by atoms with E-state index in [-0.39, 0.29) is 24.6 Å². The predicted octanol–water partition coefficient (Wildman–Crippen LogP) is 2.54. The number of benzene rings is 1. The van der Waals surface area contributed by atoms with Gasteiger partial charge in [0.25, 0.3) is 0 Å². The van der Waals surface area contributed by atoms with Crippen LogP contribution in [0.1, 0.15) is 11.4 Å². The zero-order valence-electron chi connectivity index (χ0n) is 16.0. The number of aryl methyl sites for hydroxylation is 1. The van der Waals surface area contributed by atoms with E-state index in [4.69, 9.17) is 25.8 Å². The fourth-order valence-electron chi connectivity index (χ4n) is 3.00. The Labute approximate surface area is 167 Å². The summed E-state index contributed by atoms with van der Waals surface area (Å²) >= 11 is 6.22. The Morgan fingerprint density at radius 1 is 1.07 bits per heavy atom. The minimum absolute atomic E-state index is 0.0318. The highest BCUT2D eigenvalue weighted by Gasteiger charge is 2.32. The minimum atomic E-state index is -0.641. The SMILES string of the molecule is COC(=O)C1=C(C(=O)OC)N(c2ccc(-n3nc(C)c(Cl)c3C)cc2)COC1. The van der Waals surface area contributed by atoms with Gasteiger partial charge in [-0.3, -0.25) is 0 Å². The van der Waals surface area contributed by atoms with Gasteiger partial charge in [-0.05, 0) is 38.1 Å². The predicted molar refractivity (Wildman–Crippen MR) is 102 cm³/mol. The quantitative estimate of drug-likeness (QED) is 0.723. The number of methoxy groups -OCH3 is 2. The summed E-state index contributed by atoms with van der Waals surface area (Å²) in [5.74, 6) is -1.28. The lowest BCUT2D eigenvalue weighted by molar-refractivity contribution is -0.140. The average Bonchev–Trinajstić information content (AvgIpc) is 2.99. The summed E-state index contributed by atoms with van der Waals surface area (Å²) < 4.78 is 16.8. The molecule has 2 aromatic rings. The van der Waals surface area contributed by atoms with Gasteiger partial charge in [0.2, 0.25) is 0 Å². The molecule has 148 valence electrons. The monoisotopic (exact) mass is 405 g/mol. The van der Waals surface area contributed by atoms with Gasteiger partial charge in [-0.15, -0.1) is 0 Å². The molecule has 2 heterocycles. The van der Waals surface area contributed by atoms with Gasteiger partial charge in [-0.25, -0.2) is 14.3 Å². The number of anilines is 1. The van der Waals surface area contributed by atoms with Crippen LogP contribution in [-0.2, 0) is 23.8 Å². The summed E-state index contributed by atoms with van der Waals surface area (Å²) in [6.45, 7) is 3.79. The van der Waals surface area contributed by atoms with Crippen molar-refractivity contribution in [1.82, 2.24) is 9.78 Å². The number of aromatic nitrogens is 2. The summed E-state index contributed by atoms with van der Waals surface area (Å²) in [6.07, 6.45) is 0. The largest absolute Gasteiger partial charge is 0.466 e. The first-order valence-electron chi connectivity index (χ1n) is 8.46. The molecular formula is C19H20ClN3O5. The highest BCUT2D eigenvalue weighted by molar-refractivity contribution is 6.31. The lowest BCUT2D eigenvalue weighted by atomic mass is 10.1. The first-order chi connectivity index (χ1) is 13.4. The van der Waals surface area contributed by atoms with Crippen molar-refractivity contribution < 1.29 is 23.8 Å². The Morgan fingerprint density at radius 2 is 1.68 bits per heavy atom. The summed E-state index contributed by atoms with van der Waals surface area (Å²) in [7, 11) is 2.51. The third kappa shape index (κ3) is 3.48. The molecule has 28 heavy (non-hydrogen) atoms. The van der Waals surface area contributed by atoms with E-state index in [9.17, 15) is 9.59 Å². The van der Waals surface area contributed by atoms with Gasteiger partial charge in [0.15, 0.2) is 0 Å². The van der Waals surface area contributed by atoms with Crippen molar-refractivity contribution in [2.75, 3.05) is 32.5 Å². The Hall–Kier alpha value is -2.84. The number of hydrogen-bond acceptors (Lipinski definition) is 7. The number of hydrogen-bond donors (Lipinski definition) is 0. The number of carbonyl (C=O) groups excluding carboxylic acids is 2. The fraction of sp³-hybridized carbons (Fsp3) is 0.316. The van der Waals surface area contributed by atoms with Crippen LogP contribution in [0, 0.1) is 13.8 Å². The van der Waals surface area contributed by atoms with Crippen LogP contribution in [0.15, 0.2) is 35.5 Å². The van der Waals surface area contributed by atoms with E-state index in [1.807, 2.05) is 26.0 Å². The fourth-order valence-corrected chi connectivity index (χ4v) is 3.11. The van der Waals surface area contributed by atoms with Gasteiger partial charge in [0.1, 0.15) is 12.4 Å². The van der Waals surface area contributed by atoms with Gasteiger partial charge in [-0.1, -0.05) is 11.6 Å². The Morgan fingerprint density at radius 3 is 2.21 bits per heavy atom. The molecule has 1 aliphatic heterocycles. The van der Waals surface area contributed by atoms with Crippen LogP contribution in [0.5, 0.6) is 0 Å². The van der Waals surface area contributed by atoms with E-state index < -0.39 is 11.9 Å². The molecule has 0 spiro atoms. The minimum Gasteiger partial charge on any atom is -0.466 e. The maximum atomic E-state index is 12.3. The number of rotatable bonds is 4. The molecule has 0 saturated heterocycles. The summed E-state index contributed by atoms with van der Waals surface area (Å²) in [5.41, 5.74) is 3.24. The molecule has 0 amide bonds. The molecule has 0 saturated carbocycles. The van der Waals surface area contributed by atoms with Gasteiger partial charge in [0, 0.05) is 5.69 Å². The topological polar surface area (TPSA) is 82.9 Å². The van der Waals surface area contributed by atoms with Crippen LogP contribution in [0.2, 0.25) is 5.02 Å². The zero-order valence-corrected chi connectivity index (χ0v) is 16.7. The number of halogens is 1. The van der Waals surface area contributed by atoms with E-state index in [0.29, 0.717) is 10.7 Å². The second kappa shape index (κ2) is 8.04. The maximum Gasteiger partial charge on any atom is 0.355 e. The van der Waals surface area contributed by atoms with Crippen molar-refractivity contribution in [3.8, 4) is 5.69 Å². The zero-order chi connectivity index (χ0) is 20.4. The molecule has 1 aliphatic rings. The second-order valence-corrected chi connectivity index (χ2v) is 6.51. The van der Waals surface area contributed by atoms with Gasteiger partial charge >= 0.3 is 11.9 Å². The van der Waals surface area contributed by atoms with E-state index >= 15 is 0 Å². The molecule has 0 aliphatic carbocycles. The van der Waals surface area contributed by atoms with E-state index in [2.05, 4.69) is 5.10 Å². The summed E-state index contributed by atoms with van der Waals surface area (Å²) in [4.78, 5) is 26.0. The number of nitrogens with zero attached hydrogens (tertiary/aromatic N) is 3. The highest BCUT2D eigenvalue weighted by Crippen LogP contribution is 2.28. The van der Waals surface area contributed by atoms with Crippen LogP contribution in [-0.4, -0.2) is 49.3 Å². The van der Waals surface area contributed by atoms with Crippen molar-refractivity contribution >= 4 is 29.2 Å². The number of carbonyl (C=O) groups is 2. The van der Waals surface area contributed by atoms with Gasteiger partial charge in [0.05, 0.1) is 48.5 Å². The Balaban J connectivity index is 2.01. The van der Waals surface area contributed by atoms with Gasteiger partial charge in [-0.2, -0.15) is 5.10 Å². The third-order valence-corrected chi connectivity index (χ3v) is 4.99. The van der Waals surface area contributed by atoms with Crippen LogP contribution in [0.25, 0.3) is 5.69 Å². The normalized spacial score (nSPS) is 14.2. The standard InChI is InChI=1S/C19H20ClN3O5/c1-11-16(20)12(2)23(21-11)14-7-5-13(6-8-14)22-10-28-9-15(18(24)26-3)17(22)19(25)27-4/h5-8H,9-10H2,1-4H3. The molecule has 0 N–H and O–H groups in total.